The summed E-state index contributed by atoms with van der Waals surface area (Å²) in [5, 5.41) is 8.84. The van der Waals surface area contributed by atoms with E-state index in [0.29, 0.717) is 17.9 Å². The van der Waals surface area contributed by atoms with Crippen molar-refractivity contribution in [3.8, 4) is 5.75 Å². The number of fused-ring (bicyclic) bond motifs is 1. The van der Waals surface area contributed by atoms with Gasteiger partial charge in [0, 0.05) is 5.69 Å². The van der Waals surface area contributed by atoms with Gasteiger partial charge in [0.05, 0.1) is 18.3 Å². The first kappa shape index (κ1) is 23.8. The molecule has 35 heavy (non-hydrogen) atoms. The summed E-state index contributed by atoms with van der Waals surface area (Å²) in [4.78, 5) is 12.0. The number of hydrogen-bond donors (Lipinski definition) is 2. The highest BCUT2D eigenvalue weighted by atomic mass is 19.4. The summed E-state index contributed by atoms with van der Waals surface area (Å²) < 4.78 is 44.3. The number of hydrogen-bond acceptors (Lipinski definition) is 4. The van der Waals surface area contributed by atoms with Crippen LogP contribution in [0.1, 0.15) is 16.7 Å². The van der Waals surface area contributed by atoms with Crippen LogP contribution in [0.5, 0.6) is 5.75 Å². The predicted molar refractivity (Wildman–Crippen MR) is 130 cm³/mol. The van der Waals surface area contributed by atoms with Crippen molar-refractivity contribution >= 4 is 28.6 Å². The predicted octanol–water partition coefficient (Wildman–Crippen LogP) is 6.00. The average Bonchev–Trinajstić information content (AvgIpc) is 2.86. The Morgan fingerprint density at radius 2 is 1.69 bits per heavy atom. The van der Waals surface area contributed by atoms with Crippen molar-refractivity contribution < 1.29 is 22.7 Å². The first-order chi connectivity index (χ1) is 16.9. The first-order valence-corrected chi connectivity index (χ1v) is 10.8. The van der Waals surface area contributed by atoms with E-state index in [1.807, 2.05) is 36.4 Å². The molecule has 0 aliphatic heterocycles. The molecule has 0 spiro atoms. The van der Waals surface area contributed by atoms with Crippen molar-refractivity contribution in [2.24, 2.45) is 5.10 Å². The standard InChI is InChI=1S/C27H22F3N3O2/c28-27(29,30)22-10-5-11-23(15-22)31-17-26(34)33-32-16-19-6-3-12-24(14-19)35-18-21-9-4-8-20-7-1-2-13-25(20)21/h1-16,31H,17-18H2,(H,33,34)/b32-16-. The van der Waals surface area contributed by atoms with Crippen LogP contribution in [-0.2, 0) is 17.6 Å². The lowest BCUT2D eigenvalue weighted by atomic mass is 10.1. The summed E-state index contributed by atoms with van der Waals surface area (Å²) in [7, 11) is 0. The molecule has 0 saturated carbocycles. The van der Waals surface area contributed by atoms with Crippen molar-refractivity contribution in [2.45, 2.75) is 12.8 Å². The van der Waals surface area contributed by atoms with Crippen molar-refractivity contribution in [3.05, 3.63) is 108 Å². The molecule has 2 N–H and O–H groups in total. The highest BCUT2D eigenvalue weighted by Gasteiger charge is 2.30. The fraction of sp³-hybridized carbons (Fsp3) is 0.111. The maximum Gasteiger partial charge on any atom is 0.416 e. The lowest BCUT2D eigenvalue weighted by molar-refractivity contribution is -0.137. The average molecular weight is 477 g/mol. The van der Waals surface area contributed by atoms with Gasteiger partial charge in [0.15, 0.2) is 0 Å². The minimum atomic E-state index is -4.45. The molecule has 4 aromatic carbocycles. The van der Waals surface area contributed by atoms with Gasteiger partial charge < -0.3 is 10.1 Å². The second-order valence-electron chi connectivity index (χ2n) is 7.72. The fourth-order valence-corrected chi connectivity index (χ4v) is 3.47. The number of rotatable bonds is 8. The number of carbonyl (C=O) groups is 1. The second-order valence-corrected chi connectivity index (χ2v) is 7.72. The largest absolute Gasteiger partial charge is 0.489 e. The Morgan fingerprint density at radius 1 is 0.914 bits per heavy atom. The van der Waals surface area contributed by atoms with E-state index in [1.54, 1.807) is 12.1 Å². The van der Waals surface area contributed by atoms with Crippen molar-refractivity contribution in [1.29, 1.82) is 0 Å². The topological polar surface area (TPSA) is 62.7 Å². The van der Waals surface area contributed by atoms with E-state index >= 15 is 0 Å². The van der Waals surface area contributed by atoms with E-state index in [9.17, 15) is 18.0 Å². The third kappa shape index (κ3) is 6.60. The molecular formula is C27H22F3N3O2. The molecule has 0 aliphatic rings. The molecule has 4 rings (SSSR count). The van der Waals surface area contributed by atoms with Gasteiger partial charge in [-0.2, -0.15) is 18.3 Å². The van der Waals surface area contributed by atoms with E-state index < -0.39 is 17.6 Å². The number of alkyl halides is 3. The summed E-state index contributed by atoms with van der Waals surface area (Å²) in [5.74, 6) is 0.154. The van der Waals surface area contributed by atoms with E-state index in [2.05, 4.69) is 34.0 Å². The van der Waals surface area contributed by atoms with Crippen LogP contribution in [0, 0.1) is 0 Å². The van der Waals surface area contributed by atoms with Crippen molar-refractivity contribution in [3.63, 3.8) is 0 Å². The highest BCUT2D eigenvalue weighted by Crippen LogP contribution is 2.30. The van der Waals surface area contributed by atoms with Gasteiger partial charge in [0.25, 0.3) is 5.91 Å². The van der Waals surface area contributed by atoms with Crippen LogP contribution in [0.4, 0.5) is 18.9 Å². The van der Waals surface area contributed by atoms with Crippen LogP contribution in [0.3, 0.4) is 0 Å². The summed E-state index contributed by atoms with van der Waals surface area (Å²) in [6.45, 7) is 0.173. The van der Waals surface area contributed by atoms with Crippen LogP contribution in [0.25, 0.3) is 10.8 Å². The molecule has 8 heteroatoms. The number of nitrogens with zero attached hydrogens (tertiary/aromatic N) is 1. The number of halogens is 3. The third-order valence-electron chi connectivity index (χ3n) is 5.18. The quantitative estimate of drug-likeness (QED) is 0.242. The van der Waals surface area contributed by atoms with Gasteiger partial charge in [0.1, 0.15) is 12.4 Å². The zero-order valence-corrected chi connectivity index (χ0v) is 18.5. The van der Waals surface area contributed by atoms with Crippen LogP contribution in [0.2, 0.25) is 0 Å². The van der Waals surface area contributed by atoms with Crippen LogP contribution in [0.15, 0.2) is 96.1 Å². The molecule has 0 unspecified atom stereocenters. The highest BCUT2D eigenvalue weighted by molar-refractivity contribution is 5.86. The number of nitrogens with one attached hydrogen (secondary N) is 2. The Balaban J connectivity index is 1.29. The van der Waals surface area contributed by atoms with Gasteiger partial charge in [-0.25, -0.2) is 5.43 Å². The van der Waals surface area contributed by atoms with Crippen LogP contribution in [-0.4, -0.2) is 18.7 Å². The number of benzene rings is 4. The molecule has 0 atom stereocenters. The molecule has 1 amide bonds. The fourth-order valence-electron chi connectivity index (χ4n) is 3.47. The molecule has 178 valence electrons. The Morgan fingerprint density at radius 3 is 2.54 bits per heavy atom. The number of ether oxygens (including phenoxy) is 1. The number of carbonyl (C=O) groups excluding carboxylic acids is 1. The SMILES string of the molecule is O=C(CNc1cccc(C(F)(F)F)c1)N/N=C\c1cccc(OCc2cccc3ccccc23)c1. The number of anilines is 1. The van der Waals surface area contributed by atoms with E-state index in [4.69, 9.17) is 4.74 Å². The molecule has 0 bridgehead atoms. The zero-order chi connectivity index (χ0) is 24.7. The molecule has 0 radical (unpaired) electrons. The number of amides is 1. The molecule has 0 aromatic heterocycles. The molecule has 4 aromatic rings. The summed E-state index contributed by atoms with van der Waals surface area (Å²) in [6, 6.07) is 26.1. The summed E-state index contributed by atoms with van der Waals surface area (Å²) in [5.41, 5.74) is 3.54. The van der Waals surface area contributed by atoms with Crippen LogP contribution < -0.4 is 15.5 Å². The Kier molecular flexibility index (Phi) is 7.30. The van der Waals surface area contributed by atoms with Crippen LogP contribution >= 0.6 is 0 Å². The minimum Gasteiger partial charge on any atom is -0.489 e. The molecular weight excluding hydrogens is 455 g/mol. The number of hydrazone groups is 1. The van der Waals surface area contributed by atoms with Crippen molar-refractivity contribution in [2.75, 3.05) is 11.9 Å². The van der Waals surface area contributed by atoms with Gasteiger partial charge in [-0.05, 0) is 52.2 Å². The van der Waals surface area contributed by atoms with E-state index in [1.165, 1.54) is 18.3 Å². The third-order valence-corrected chi connectivity index (χ3v) is 5.18. The van der Waals surface area contributed by atoms with Gasteiger partial charge in [-0.15, -0.1) is 0 Å². The van der Waals surface area contributed by atoms with Gasteiger partial charge in [-0.1, -0.05) is 60.7 Å². The van der Waals surface area contributed by atoms with E-state index in [-0.39, 0.29) is 12.2 Å². The smallest absolute Gasteiger partial charge is 0.416 e. The van der Waals surface area contributed by atoms with Crippen molar-refractivity contribution in [1.82, 2.24) is 5.43 Å². The molecule has 0 saturated heterocycles. The van der Waals surface area contributed by atoms with E-state index in [0.717, 1.165) is 28.5 Å². The maximum absolute atomic E-state index is 12.8. The van der Waals surface area contributed by atoms with Gasteiger partial charge in [0.2, 0.25) is 0 Å². The Bertz CT molecular complexity index is 1350. The summed E-state index contributed by atoms with van der Waals surface area (Å²) in [6.07, 6.45) is -2.98. The first-order valence-electron chi connectivity index (χ1n) is 10.8. The normalized spacial score (nSPS) is 11.5. The minimum absolute atomic E-state index is 0.190. The zero-order valence-electron chi connectivity index (χ0n) is 18.5. The monoisotopic (exact) mass is 477 g/mol. The molecule has 0 fully saturated rings. The Hall–Kier alpha value is -4.33. The summed E-state index contributed by atoms with van der Waals surface area (Å²) >= 11 is 0. The lowest BCUT2D eigenvalue weighted by Gasteiger charge is -2.10. The lowest BCUT2D eigenvalue weighted by Crippen LogP contribution is -2.26. The molecule has 0 aliphatic carbocycles. The maximum atomic E-state index is 12.8. The van der Waals surface area contributed by atoms with Gasteiger partial charge >= 0.3 is 6.18 Å². The second kappa shape index (κ2) is 10.7. The molecule has 5 nitrogen and oxygen atoms in total. The molecule has 0 heterocycles. The Labute approximate surface area is 200 Å². The van der Waals surface area contributed by atoms with Gasteiger partial charge in [-0.3, -0.25) is 4.79 Å².